The molecule has 2 heterocycles. The van der Waals surface area contributed by atoms with E-state index in [9.17, 15) is 9.90 Å². The van der Waals surface area contributed by atoms with E-state index in [1.807, 2.05) is 32.9 Å². The van der Waals surface area contributed by atoms with Crippen LogP contribution in [-0.2, 0) is 11.3 Å². The number of imidazole rings is 1. The normalized spacial score (nSPS) is 11.2. The van der Waals surface area contributed by atoms with Crippen LogP contribution >= 0.6 is 11.5 Å². The van der Waals surface area contributed by atoms with Crippen molar-refractivity contribution in [2.24, 2.45) is 0 Å². The zero-order valence-corrected chi connectivity index (χ0v) is 12.7. The number of aryl methyl sites for hydroxylation is 3. The fourth-order valence-corrected chi connectivity index (χ4v) is 2.94. The molecule has 0 aliphatic heterocycles. The lowest BCUT2D eigenvalue weighted by atomic mass is 10.1. The molecule has 6 nitrogen and oxygen atoms in total. The molecule has 0 bridgehead atoms. The smallest absolute Gasteiger partial charge is 0.323 e. The van der Waals surface area contributed by atoms with Crippen LogP contribution in [0.15, 0.2) is 12.1 Å². The molecule has 21 heavy (non-hydrogen) atoms. The Kier molecular flexibility index (Phi) is 3.21. The number of aliphatic carboxylic acids is 1. The Hall–Kier alpha value is -2.28. The average molecular weight is 302 g/mol. The number of benzene rings is 1. The lowest BCUT2D eigenvalue weighted by molar-refractivity contribution is -0.137. The Morgan fingerprint density at radius 3 is 2.62 bits per heavy atom. The summed E-state index contributed by atoms with van der Waals surface area (Å²) in [5.74, 6) is -0.284. The molecule has 0 amide bonds. The van der Waals surface area contributed by atoms with Crippen LogP contribution in [0.1, 0.15) is 16.8 Å². The molecule has 0 aliphatic rings. The van der Waals surface area contributed by atoms with Crippen molar-refractivity contribution in [2.45, 2.75) is 27.3 Å². The van der Waals surface area contributed by atoms with Crippen LogP contribution in [-0.4, -0.2) is 30.2 Å². The van der Waals surface area contributed by atoms with Gasteiger partial charge in [-0.1, -0.05) is 4.49 Å². The predicted molar refractivity (Wildman–Crippen MR) is 80.5 cm³/mol. The van der Waals surface area contributed by atoms with Crippen LogP contribution in [0.3, 0.4) is 0 Å². The quantitative estimate of drug-likeness (QED) is 0.804. The van der Waals surface area contributed by atoms with E-state index in [2.05, 4.69) is 14.6 Å². The highest BCUT2D eigenvalue weighted by Crippen LogP contribution is 2.30. The van der Waals surface area contributed by atoms with Crippen molar-refractivity contribution < 1.29 is 9.90 Å². The van der Waals surface area contributed by atoms with Crippen LogP contribution < -0.4 is 0 Å². The number of carboxylic acids is 1. The second kappa shape index (κ2) is 4.92. The molecule has 108 valence electrons. The van der Waals surface area contributed by atoms with Gasteiger partial charge in [-0.25, -0.2) is 4.98 Å². The van der Waals surface area contributed by atoms with Gasteiger partial charge >= 0.3 is 5.97 Å². The predicted octanol–water partition coefficient (Wildman–Crippen LogP) is 2.56. The minimum Gasteiger partial charge on any atom is -0.480 e. The summed E-state index contributed by atoms with van der Waals surface area (Å²) >= 11 is 1.23. The number of carbonyl (C=O) groups is 1. The van der Waals surface area contributed by atoms with Gasteiger partial charge < -0.3 is 9.67 Å². The Bertz CT molecular complexity index is 850. The largest absolute Gasteiger partial charge is 0.480 e. The number of nitrogens with zero attached hydrogens (tertiary/aromatic N) is 4. The first-order valence-electron chi connectivity index (χ1n) is 6.46. The Morgan fingerprint density at radius 1 is 1.29 bits per heavy atom. The third kappa shape index (κ3) is 2.29. The summed E-state index contributed by atoms with van der Waals surface area (Å²) in [4.78, 5) is 16.6. The van der Waals surface area contributed by atoms with E-state index in [1.165, 1.54) is 11.5 Å². The van der Waals surface area contributed by atoms with Gasteiger partial charge in [0.05, 0.1) is 16.7 Å². The first-order chi connectivity index (χ1) is 9.97. The molecule has 0 unspecified atom stereocenters. The lowest BCUT2D eigenvalue weighted by Crippen LogP contribution is -2.10. The Morgan fingerprint density at radius 2 is 2.00 bits per heavy atom. The molecule has 0 radical (unpaired) electrons. The topological polar surface area (TPSA) is 80.9 Å². The zero-order chi connectivity index (χ0) is 15.1. The molecule has 0 spiro atoms. The van der Waals surface area contributed by atoms with Crippen molar-refractivity contribution in [3.8, 4) is 10.7 Å². The molecule has 0 aliphatic carbocycles. The maximum Gasteiger partial charge on any atom is 0.323 e. The first kappa shape index (κ1) is 13.7. The fourth-order valence-electron chi connectivity index (χ4n) is 2.29. The van der Waals surface area contributed by atoms with Crippen LogP contribution in [0.25, 0.3) is 21.7 Å². The minimum atomic E-state index is -0.899. The molecule has 0 fully saturated rings. The second-order valence-corrected chi connectivity index (χ2v) is 5.78. The van der Waals surface area contributed by atoms with Gasteiger partial charge in [-0.2, -0.15) is 0 Å². The van der Waals surface area contributed by atoms with Crippen LogP contribution in [0.4, 0.5) is 0 Å². The summed E-state index contributed by atoms with van der Waals surface area (Å²) in [6.07, 6.45) is 0. The number of hydrogen-bond acceptors (Lipinski definition) is 5. The highest BCUT2D eigenvalue weighted by molar-refractivity contribution is 7.09. The van der Waals surface area contributed by atoms with Crippen molar-refractivity contribution in [1.82, 2.24) is 19.1 Å². The van der Waals surface area contributed by atoms with E-state index in [0.717, 1.165) is 32.7 Å². The molecule has 1 aromatic carbocycles. The van der Waals surface area contributed by atoms with E-state index in [1.54, 1.807) is 4.57 Å². The molecule has 3 aromatic rings. The molecule has 2 aromatic heterocycles. The average Bonchev–Trinajstić information content (AvgIpc) is 2.95. The lowest BCUT2D eigenvalue weighted by Gasteiger charge is -2.06. The number of hydrogen-bond donors (Lipinski definition) is 1. The second-order valence-electron chi connectivity index (χ2n) is 5.03. The van der Waals surface area contributed by atoms with E-state index in [4.69, 9.17) is 0 Å². The fraction of sp³-hybridized carbons (Fsp3) is 0.286. The molecule has 1 N–H and O–H groups in total. The van der Waals surface area contributed by atoms with Gasteiger partial charge in [-0.05, 0) is 55.6 Å². The minimum absolute atomic E-state index is 0.133. The standard InChI is InChI=1S/C14H14N4O2S/c1-7-4-10-11(5-8(7)2)18(6-12(19)20)14(15-10)13-9(3)16-17-21-13/h4-5H,6H2,1-3H3,(H,19,20). The Labute approximate surface area is 125 Å². The summed E-state index contributed by atoms with van der Waals surface area (Å²) < 4.78 is 5.63. The molecular formula is C14H14N4O2S. The molecule has 0 saturated heterocycles. The highest BCUT2D eigenvalue weighted by Gasteiger charge is 2.19. The van der Waals surface area contributed by atoms with Crippen molar-refractivity contribution in [1.29, 1.82) is 0 Å². The molecule has 0 saturated carbocycles. The van der Waals surface area contributed by atoms with Gasteiger partial charge in [0.1, 0.15) is 11.4 Å². The molecule has 7 heteroatoms. The van der Waals surface area contributed by atoms with Crippen molar-refractivity contribution >= 4 is 28.5 Å². The SMILES string of the molecule is Cc1cc2nc(-c3snnc3C)n(CC(=O)O)c2cc1C. The third-order valence-electron chi connectivity index (χ3n) is 3.51. The van der Waals surface area contributed by atoms with Crippen LogP contribution in [0, 0.1) is 20.8 Å². The van der Waals surface area contributed by atoms with Gasteiger partial charge in [0.25, 0.3) is 0 Å². The maximum atomic E-state index is 11.2. The zero-order valence-electron chi connectivity index (χ0n) is 11.9. The summed E-state index contributed by atoms with van der Waals surface area (Å²) in [5, 5.41) is 13.2. The van der Waals surface area contributed by atoms with E-state index >= 15 is 0 Å². The van der Waals surface area contributed by atoms with Crippen molar-refractivity contribution in [2.75, 3.05) is 0 Å². The van der Waals surface area contributed by atoms with Gasteiger partial charge in [-0.15, -0.1) is 5.10 Å². The summed E-state index contributed by atoms with van der Waals surface area (Å²) in [6, 6.07) is 3.96. The van der Waals surface area contributed by atoms with Crippen molar-refractivity contribution in [3.63, 3.8) is 0 Å². The maximum absolute atomic E-state index is 11.2. The van der Waals surface area contributed by atoms with Gasteiger partial charge in [0, 0.05) is 0 Å². The van der Waals surface area contributed by atoms with Gasteiger partial charge in [0.15, 0.2) is 5.82 Å². The summed E-state index contributed by atoms with van der Waals surface area (Å²) in [5.41, 5.74) is 4.62. The number of fused-ring (bicyclic) bond motifs is 1. The number of carboxylic acid groups (broad SMARTS) is 1. The van der Waals surface area contributed by atoms with Crippen molar-refractivity contribution in [3.05, 3.63) is 29.0 Å². The third-order valence-corrected chi connectivity index (χ3v) is 4.34. The summed E-state index contributed by atoms with van der Waals surface area (Å²) in [6.45, 7) is 5.74. The monoisotopic (exact) mass is 302 g/mol. The summed E-state index contributed by atoms with van der Waals surface area (Å²) in [7, 11) is 0. The van der Waals surface area contributed by atoms with E-state index in [-0.39, 0.29) is 6.54 Å². The molecule has 3 rings (SSSR count). The highest BCUT2D eigenvalue weighted by atomic mass is 32.1. The van der Waals surface area contributed by atoms with Crippen LogP contribution in [0.2, 0.25) is 0 Å². The van der Waals surface area contributed by atoms with E-state index in [0.29, 0.717) is 5.82 Å². The van der Waals surface area contributed by atoms with E-state index < -0.39 is 5.97 Å². The molecular weight excluding hydrogens is 288 g/mol. The first-order valence-corrected chi connectivity index (χ1v) is 7.23. The van der Waals surface area contributed by atoms with Crippen LogP contribution in [0.5, 0.6) is 0 Å². The van der Waals surface area contributed by atoms with Gasteiger partial charge in [0.2, 0.25) is 0 Å². The number of aromatic nitrogens is 4. The van der Waals surface area contributed by atoms with Gasteiger partial charge in [-0.3, -0.25) is 4.79 Å². The molecule has 0 atom stereocenters. The Balaban J connectivity index is 2.33. The number of rotatable bonds is 3.